The number of aromatic nitrogens is 1. The van der Waals surface area contributed by atoms with E-state index in [4.69, 9.17) is 6.42 Å². The van der Waals surface area contributed by atoms with E-state index in [1.807, 2.05) is 13.0 Å². The topological polar surface area (TPSA) is 33.1 Å². The maximum absolute atomic E-state index is 9.41. The van der Waals surface area contributed by atoms with Crippen molar-refractivity contribution in [1.29, 1.82) is 0 Å². The molecule has 1 aromatic rings. The van der Waals surface area contributed by atoms with E-state index in [2.05, 4.69) is 10.9 Å². The third-order valence-corrected chi connectivity index (χ3v) is 1.59. The molecule has 0 aliphatic heterocycles. The minimum absolute atomic E-state index is 0.316. The van der Waals surface area contributed by atoms with Gasteiger partial charge < -0.3 is 5.11 Å². The van der Waals surface area contributed by atoms with Gasteiger partial charge in [0, 0.05) is 12.6 Å². The number of pyridine rings is 1. The second kappa shape index (κ2) is 3.89. The summed E-state index contributed by atoms with van der Waals surface area (Å²) >= 11 is 0. The Balaban J connectivity index is 2.76. The van der Waals surface area contributed by atoms with Gasteiger partial charge in [0.05, 0.1) is 5.69 Å². The molecule has 1 heterocycles. The van der Waals surface area contributed by atoms with Crippen molar-refractivity contribution >= 4 is 0 Å². The molecular formula is C10H11NO. The van der Waals surface area contributed by atoms with Crippen LogP contribution in [0.3, 0.4) is 0 Å². The molecule has 0 saturated heterocycles. The number of terminal acetylenes is 1. The maximum Gasteiger partial charge on any atom is 0.107 e. The Bertz CT molecular complexity index is 284. The summed E-state index contributed by atoms with van der Waals surface area (Å²) < 4.78 is 0. The van der Waals surface area contributed by atoms with Crippen LogP contribution in [0.5, 0.6) is 0 Å². The van der Waals surface area contributed by atoms with Crippen LogP contribution < -0.4 is 0 Å². The largest absolute Gasteiger partial charge is 0.386 e. The summed E-state index contributed by atoms with van der Waals surface area (Å²) in [7, 11) is 0. The lowest BCUT2D eigenvalue weighted by Gasteiger charge is -2.05. The monoisotopic (exact) mass is 161 g/mol. The molecule has 0 saturated carbocycles. The van der Waals surface area contributed by atoms with Gasteiger partial charge in [-0.2, -0.15) is 0 Å². The van der Waals surface area contributed by atoms with Crippen LogP contribution in [0.25, 0.3) is 0 Å². The highest BCUT2D eigenvalue weighted by atomic mass is 16.3. The molecule has 1 rings (SSSR count). The smallest absolute Gasteiger partial charge is 0.107 e. The van der Waals surface area contributed by atoms with E-state index >= 15 is 0 Å². The lowest BCUT2D eigenvalue weighted by atomic mass is 10.1. The molecule has 0 aliphatic carbocycles. The molecule has 1 atom stereocenters. The molecule has 0 fully saturated rings. The zero-order chi connectivity index (χ0) is 8.97. The van der Waals surface area contributed by atoms with Crippen LogP contribution in [-0.2, 0) is 0 Å². The Hall–Kier alpha value is -1.33. The van der Waals surface area contributed by atoms with E-state index in [1.165, 1.54) is 0 Å². The molecule has 2 nitrogen and oxygen atoms in total. The van der Waals surface area contributed by atoms with Gasteiger partial charge in [-0.15, -0.1) is 12.3 Å². The number of aliphatic hydroxyl groups excluding tert-OH is 1. The predicted molar refractivity (Wildman–Crippen MR) is 47.4 cm³/mol. The van der Waals surface area contributed by atoms with Crippen LogP contribution in [0, 0.1) is 19.3 Å². The van der Waals surface area contributed by atoms with Gasteiger partial charge in [0.15, 0.2) is 0 Å². The molecule has 0 bridgehead atoms. The fourth-order valence-electron chi connectivity index (χ4n) is 0.893. The van der Waals surface area contributed by atoms with Gasteiger partial charge in [-0.25, -0.2) is 0 Å². The van der Waals surface area contributed by atoms with Gasteiger partial charge in [-0.3, -0.25) is 4.98 Å². The molecule has 0 aliphatic rings. The summed E-state index contributed by atoms with van der Waals surface area (Å²) in [6.45, 7) is 1.95. The Morgan fingerprint density at radius 2 is 2.42 bits per heavy atom. The van der Waals surface area contributed by atoms with Crippen LogP contribution in [0.1, 0.15) is 23.8 Å². The van der Waals surface area contributed by atoms with Gasteiger partial charge >= 0.3 is 0 Å². The van der Waals surface area contributed by atoms with E-state index in [-0.39, 0.29) is 0 Å². The van der Waals surface area contributed by atoms with Crippen LogP contribution in [0.4, 0.5) is 0 Å². The average Bonchev–Trinajstić information content (AvgIpc) is 2.06. The van der Waals surface area contributed by atoms with Crippen molar-refractivity contribution < 1.29 is 5.11 Å². The van der Waals surface area contributed by atoms with E-state index < -0.39 is 6.10 Å². The minimum Gasteiger partial charge on any atom is -0.386 e. The van der Waals surface area contributed by atoms with Crippen LogP contribution >= 0.6 is 0 Å². The molecule has 1 aromatic heterocycles. The summed E-state index contributed by atoms with van der Waals surface area (Å²) in [5.74, 6) is 2.39. The number of aliphatic hydroxyl groups is 1. The quantitative estimate of drug-likeness (QED) is 0.666. The number of aryl methyl sites for hydroxylation is 1. The molecule has 62 valence electrons. The first kappa shape index (κ1) is 8.76. The minimum atomic E-state index is -0.629. The molecule has 0 spiro atoms. The number of rotatable bonds is 2. The standard InChI is InChI=1S/C10H11NO/c1-3-4-10(12)9-6-5-8(2)7-11-9/h1,5-7,10,12H,4H2,2H3. The summed E-state index contributed by atoms with van der Waals surface area (Å²) in [6, 6.07) is 3.69. The summed E-state index contributed by atoms with van der Waals surface area (Å²) in [6.07, 6.45) is 6.46. The fraction of sp³-hybridized carbons (Fsp3) is 0.300. The van der Waals surface area contributed by atoms with Crippen molar-refractivity contribution in [2.45, 2.75) is 19.4 Å². The van der Waals surface area contributed by atoms with Crippen molar-refractivity contribution in [3.05, 3.63) is 29.6 Å². The van der Waals surface area contributed by atoms with E-state index in [0.29, 0.717) is 12.1 Å². The van der Waals surface area contributed by atoms with Crippen LogP contribution in [0.15, 0.2) is 18.3 Å². The van der Waals surface area contributed by atoms with Gasteiger partial charge in [0.25, 0.3) is 0 Å². The number of hydrogen-bond acceptors (Lipinski definition) is 2. The molecule has 0 amide bonds. The van der Waals surface area contributed by atoms with E-state index in [9.17, 15) is 5.11 Å². The van der Waals surface area contributed by atoms with Gasteiger partial charge in [0.1, 0.15) is 6.10 Å². The average molecular weight is 161 g/mol. The van der Waals surface area contributed by atoms with Crippen molar-refractivity contribution in [2.75, 3.05) is 0 Å². The fourth-order valence-corrected chi connectivity index (χ4v) is 0.893. The highest BCUT2D eigenvalue weighted by Gasteiger charge is 2.05. The Morgan fingerprint density at radius 3 is 2.92 bits per heavy atom. The van der Waals surface area contributed by atoms with Crippen molar-refractivity contribution in [2.24, 2.45) is 0 Å². The van der Waals surface area contributed by atoms with Crippen molar-refractivity contribution in [3.63, 3.8) is 0 Å². The second-order valence-corrected chi connectivity index (χ2v) is 2.68. The lowest BCUT2D eigenvalue weighted by Crippen LogP contribution is -1.98. The molecular weight excluding hydrogens is 150 g/mol. The first-order valence-corrected chi connectivity index (χ1v) is 3.78. The molecule has 2 heteroatoms. The molecule has 0 radical (unpaired) electrons. The van der Waals surface area contributed by atoms with Crippen LogP contribution in [0.2, 0.25) is 0 Å². The normalized spacial score (nSPS) is 12.1. The Kier molecular flexibility index (Phi) is 2.84. The van der Waals surface area contributed by atoms with Gasteiger partial charge in [0.2, 0.25) is 0 Å². The number of hydrogen-bond donors (Lipinski definition) is 1. The van der Waals surface area contributed by atoms with E-state index in [0.717, 1.165) is 5.56 Å². The SMILES string of the molecule is C#CCC(O)c1ccc(C)cn1. The Labute approximate surface area is 72.3 Å². The zero-order valence-electron chi connectivity index (χ0n) is 6.99. The first-order valence-electron chi connectivity index (χ1n) is 3.78. The predicted octanol–water partition coefficient (Wildman–Crippen LogP) is 1.45. The Morgan fingerprint density at radius 1 is 1.67 bits per heavy atom. The molecule has 12 heavy (non-hydrogen) atoms. The molecule has 1 N–H and O–H groups in total. The third kappa shape index (κ3) is 2.08. The summed E-state index contributed by atoms with van der Waals surface area (Å²) in [5.41, 5.74) is 1.71. The number of nitrogens with zero attached hydrogens (tertiary/aromatic N) is 1. The maximum atomic E-state index is 9.41. The first-order chi connectivity index (χ1) is 5.74. The van der Waals surface area contributed by atoms with Gasteiger partial charge in [-0.1, -0.05) is 6.07 Å². The van der Waals surface area contributed by atoms with Crippen molar-refractivity contribution in [1.82, 2.24) is 4.98 Å². The van der Waals surface area contributed by atoms with E-state index in [1.54, 1.807) is 12.3 Å². The van der Waals surface area contributed by atoms with Gasteiger partial charge in [-0.05, 0) is 18.6 Å². The molecule has 1 unspecified atom stereocenters. The summed E-state index contributed by atoms with van der Waals surface area (Å²) in [4.78, 5) is 4.05. The second-order valence-electron chi connectivity index (χ2n) is 2.68. The summed E-state index contributed by atoms with van der Waals surface area (Å²) in [5, 5.41) is 9.41. The lowest BCUT2D eigenvalue weighted by molar-refractivity contribution is 0.179. The zero-order valence-corrected chi connectivity index (χ0v) is 6.99. The van der Waals surface area contributed by atoms with Crippen molar-refractivity contribution in [3.8, 4) is 12.3 Å². The third-order valence-electron chi connectivity index (χ3n) is 1.59. The molecule has 0 aromatic carbocycles. The highest BCUT2D eigenvalue weighted by molar-refractivity contribution is 5.14. The van der Waals surface area contributed by atoms with Crippen LogP contribution in [-0.4, -0.2) is 10.1 Å². The highest BCUT2D eigenvalue weighted by Crippen LogP contribution is 2.12.